The van der Waals surface area contributed by atoms with Crippen LogP contribution in [0.4, 0.5) is 0 Å². The van der Waals surface area contributed by atoms with Crippen molar-refractivity contribution in [3.63, 3.8) is 0 Å². The second-order valence-electron chi connectivity index (χ2n) is 8.50. The molecule has 0 radical (unpaired) electrons. The molecule has 0 unspecified atom stereocenters. The van der Waals surface area contributed by atoms with E-state index < -0.39 is 67.6 Å². The molecule has 0 bridgehead atoms. The standard InChI is InChI=1S/C26H33N5O7/c27-20(15-33)24(36)28-13-23(35)30-21(12-18-9-5-2-6-10-18)25(37)31-22(16-34)26(38)29-19(14-32)11-17-7-3-1-4-8-17/h1-10,14,19-22,33-34H,11-13,15-16,27H2,(H,28,36)(H,29,38)(H,30,35)(H,31,37)/t19-,20-,21-,22-/m0/s1. The van der Waals surface area contributed by atoms with Crippen LogP contribution in [0.15, 0.2) is 60.7 Å². The van der Waals surface area contributed by atoms with Gasteiger partial charge in [-0.3, -0.25) is 19.2 Å². The number of amides is 4. The summed E-state index contributed by atoms with van der Waals surface area (Å²) in [7, 11) is 0. The highest BCUT2D eigenvalue weighted by atomic mass is 16.3. The van der Waals surface area contributed by atoms with E-state index in [0.717, 1.165) is 5.56 Å². The third-order valence-corrected chi connectivity index (χ3v) is 5.50. The molecule has 0 spiro atoms. The largest absolute Gasteiger partial charge is 0.394 e. The van der Waals surface area contributed by atoms with Crippen molar-refractivity contribution in [1.29, 1.82) is 0 Å². The van der Waals surface area contributed by atoms with Crippen LogP contribution in [0.25, 0.3) is 0 Å². The van der Waals surface area contributed by atoms with Crippen LogP contribution in [0.5, 0.6) is 0 Å². The van der Waals surface area contributed by atoms with E-state index in [1.54, 1.807) is 54.6 Å². The fraction of sp³-hybridized carbons (Fsp3) is 0.346. The van der Waals surface area contributed by atoms with E-state index in [1.165, 1.54) is 0 Å². The summed E-state index contributed by atoms with van der Waals surface area (Å²) >= 11 is 0. The van der Waals surface area contributed by atoms with Crippen molar-refractivity contribution in [2.75, 3.05) is 19.8 Å². The molecule has 0 saturated carbocycles. The Balaban J connectivity index is 2.05. The van der Waals surface area contributed by atoms with Gasteiger partial charge in [0, 0.05) is 6.42 Å². The Hall–Kier alpha value is -4.13. The first-order chi connectivity index (χ1) is 18.3. The zero-order valence-electron chi connectivity index (χ0n) is 20.7. The van der Waals surface area contributed by atoms with Crippen molar-refractivity contribution in [1.82, 2.24) is 21.3 Å². The molecule has 2 rings (SSSR count). The summed E-state index contributed by atoms with van der Waals surface area (Å²) in [5.74, 6) is -3.00. The molecule has 8 N–H and O–H groups in total. The molecule has 2 aromatic carbocycles. The number of carbonyl (C=O) groups is 5. The van der Waals surface area contributed by atoms with Gasteiger partial charge in [-0.15, -0.1) is 0 Å². The van der Waals surface area contributed by atoms with Gasteiger partial charge in [-0.05, 0) is 17.5 Å². The summed E-state index contributed by atoms with van der Waals surface area (Å²) in [6.45, 7) is -1.86. The van der Waals surface area contributed by atoms with Crippen molar-refractivity contribution in [2.24, 2.45) is 5.73 Å². The molecule has 12 heteroatoms. The quantitative estimate of drug-likeness (QED) is 0.124. The van der Waals surface area contributed by atoms with Crippen molar-refractivity contribution in [3.8, 4) is 0 Å². The minimum absolute atomic E-state index is 0.0489. The maximum absolute atomic E-state index is 13.1. The van der Waals surface area contributed by atoms with Crippen LogP contribution >= 0.6 is 0 Å². The van der Waals surface area contributed by atoms with Crippen molar-refractivity contribution in [2.45, 2.75) is 37.0 Å². The number of nitrogens with two attached hydrogens (primary N) is 1. The van der Waals surface area contributed by atoms with Crippen LogP contribution in [-0.4, -0.2) is 84.1 Å². The highest BCUT2D eigenvalue weighted by Crippen LogP contribution is 2.05. The summed E-state index contributed by atoms with van der Waals surface area (Å²) in [6, 6.07) is 13.1. The Labute approximate surface area is 220 Å². The Kier molecular flexibility index (Phi) is 12.6. The van der Waals surface area contributed by atoms with E-state index in [2.05, 4.69) is 21.3 Å². The Morgan fingerprint density at radius 1 is 0.737 bits per heavy atom. The zero-order chi connectivity index (χ0) is 27.9. The second-order valence-corrected chi connectivity index (χ2v) is 8.50. The Bertz CT molecular complexity index is 1070. The van der Waals surface area contributed by atoms with Crippen molar-refractivity contribution >= 4 is 29.9 Å². The molecule has 0 fully saturated rings. The van der Waals surface area contributed by atoms with Gasteiger partial charge >= 0.3 is 0 Å². The highest BCUT2D eigenvalue weighted by Gasteiger charge is 2.28. The summed E-state index contributed by atoms with van der Waals surface area (Å²) < 4.78 is 0. The van der Waals surface area contributed by atoms with E-state index in [0.29, 0.717) is 11.8 Å². The fourth-order valence-corrected chi connectivity index (χ4v) is 3.44. The van der Waals surface area contributed by atoms with Crippen molar-refractivity contribution < 1.29 is 34.2 Å². The molecule has 4 atom stereocenters. The fourth-order valence-electron chi connectivity index (χ4n) is 3.44. The Morgan fingerprint density at radius 2 is 1.29 bits per heavy atom. The first-order valence-corrected chi connectivity index (χ1v) is 12.0. The number of aliphatic hydroxyl groups excluding tert-OH is 2. The summed E-state index contributed by atoms with van der Waals surface area (Å²) in [5, 5.41) is 28.4. The molecule has 0 saturated heterocycles. The van der Waals surface area contributed by atoms with Gasteiger partial charge in [-0.1, -0.05) is 60.7 Å². The van der Waals surface area contributed by atoms with Gasteiger partial charge in [0.15, 0.2) is 0 Å². The summed E-state index contributed by atoms with van der Waals surface area (Å²) in [4.78, 5) is 61.5. The van der Waals surface area contributed by atoms with E-state index in [1.807, 2.05) is 6.07 Å². The maximum Gasteiger partial charge on any atom is 0.245 e. The minimum atomic E-state index is -1.39. The van der Waals surface area contributed by atoms with E-state index >= 15 is 0 Å². The smallest absolute Gasteiger partial charge is 0.245 e. The van der Waals surface area contributed by atoms with Gasteiger partial charge in [0.1, 0.15) is 24.4 Å². The summed E-state index contributed by atoms with van der Waals surface area (Å²) in [6.07, 6.45) is 0.838. The van der Waals surface area contributed by atoms with Crippen LogP contribution in [0, 0.1) is 0 Å². The molecule has 0 aromatic heterocycles. The first-order valence-electron chi connectivity index (χ1n) is 12.0. The SMILES string of the molecule is N[C@@H](CO)C(=O)NCC(=O)N[C@@H](Cc1ccccc1)C(=O)N[C@@H](CO)C(=O)N[C@H](C=O)Cc1ccccc1. The average molecular weight is 528 g/mol. The lowest BCUT2D eigenvalue weighted by molar-refractivity contribution is -0.133. The molecule has 12 nitrogen and oxygen atoms in total. The lowest BCUT2D eigenvalue weighted by atomic mass is 10.0. The first kappa shape index (κ1) is 30.1. The molecular weight excluding hydrogens is 494 g/mol. The van der Waals surface area contributed by atoms with Crippen LogP contribution in [-0.2, 0) is 36.8 Å². The van der Waals surface area contributed by atoms with Gasteiger partial charge in [-0.2, -0.15) is 0 Å². The van der Waals surface area contributed by atoms with Gasteiger partial charge in [0.05, 0.1) is 25.8 Å². The summed E-state index contributed by atoms with van der Waals surface area (Å²) in [5.41, 5.74) is 6.91. The lowest BCUT2D eigenvalue weighted by Gasteiger charge is -2.23. The number of aldehydes is 1. The highest BCUT2D eigenvalue weighted by molar-refractivity contribution is 5.94. The molecule has 204 valence electrons. The zero-order valence-corrected chi connectivity index (χ0v) is 20.7. The van der Waals surface area contributed by atoms with Gasteiger partial charge in [0.25, 0.3) is 0 Å². The number of aliphatic hydroxyl groups is 2. The third kappa shape index (κ3) is 10.1. The molecule has 0 heterocycles. The lowest BCUT2D eigenvalue weighted by Crippen LogP contribution is -2.57. The number of carbonyl (C=O) groups excluding carboxylic acids is 5. The van der Waals surface area contributed by atoms with Crippen LogP contribution in [0.1, 0.15) is 11.1 Å². The number of rotatable bonds is 15. The third-order valence-electron chi connectivity index (χ3n) is 5.50. The van der Waals surface area contributed by atoms with E-state index in [-0.39, 0.29) is 12.8 Å². The molecule has 0 aliphatic heterocycles. The molecule has 0 aliphatic carbocycles. The maximum atomic E-state index is 13.1. The molecule has 38 heavy (non-hydrogen) atoms. The number of nitrogens with one attached hydrogen (secondary N) is 4. The predicted molar refractivity (Wildman–Crippen MR) is 137 cm³/mol. The topological polar surface area (TPSA) is 200 Å². The predicted octanol–water partition coefficient (Wildman–Crippen LogP) is -2.45. The number of benzene rings is 2. The minimum Gasteiger partial charge on any atom is -0.394 e. The van der Waals surface area contributed by atoms with Gasteiger partial charge in [0.2, 0.25) is 23.6 Å². The van der Waals surface area contributed by atoms with E-state index in [9.17, 15) is 29.1 Å². The molecule has 4 amide bonds. The van der Waals surface area contributed by atoms with Gasteiger partial charge in [-0.25, -0.2) is 0 Å². The molecule has 0 aliphatic rings. The van der Waals surface area contributed by atoms with Crippen LogP contribution in [0.3, 0.4) is 0 Å². The van der Waals surface area contributed by atoms with Crippen LogP contribution < -0.4 is 27.0 Å². The molecular formula is C26H33N5O7. The normalized spacial score (nSPS) is 13.8. The average Bonchev–Trinajstić information content (AvgIpc) is 2.94. The van der Waals surface area contributed by atoms with E-state index in [4.69, 9.17) is 10.8 Å². The second kappa shape index (κ2) is 15.9. The number of hydrogen-bond donors (Lipinski definition) is 7. The van der Waals surface area contributed by atoms with Gasteiger partial charge < -0.3 is 42.0 Å². The monoisotopic (exact) mass is 527 g/mol. The van der Waals surface area contributed by atoms with Crippen molar-refractivity contribution in [3.05, 3.63) is 71.8 Å². The van der Waals surface area contributed by atoms with Crippen LogP contribution in [0.2, 0.25) is 0 Å². The Morgan fingerprint density at radius 3 is 1.82 bits per heavy atom. The molecule has 2 aromatic rings. The number of hydrogen-bond acceptors (Lipinski definition) is 8.